The molecular formula is C11H22N4O2. The standard InChI is InChI=1S/C6H12N4.C5H10O2/c1-6(2,3)5-7-9-10(4)8-5;1-4(2)5(6)7-3/h1-4H3;4H,1-3H3. The molecular weight excluding hydrogens is 220 g/mol. The van der Waals surface area contributed by atoms with Gasteiger partial charge in [-0.1, -0.05) is 34.6 Å². The highest BCUT2D eigenvalue weighted by atomic mass is 16.5. The van der Waals surface area contributed by atoms with Gasteiger partial charge in [-0.2, -0.15) is 4.80 Å². The minimum Gasteiger partial charge on any atom is -0.469 e. The lowest BCUT2D eigenvalue weighted by Gasteiger charge is -2.10. The first-order chi connectivity index (χ1) is 7.68. The summed E-state index contributed by atoms with van der Waals surface area (Å²) in [5, 5.41) is 11.7. The predicted octanol–water partition coefficient (Wildman–Crippen LogP) is 1.32. The summed E-state index contributed by atoms with van der Waals surface area (Å²) >= 11 is 0. The Morgan fingerprint density at radius 1 is 1.35 bits per heavy atom. The molecule has 6 nitrogen and oxygen atoms in total. The molecule has 0 N–H and O–H groups in total. The van der Waals surface area contributed by atoms with Crippen molar-refractivity contribution in [3.63, 3.8) is 0 Å². The molecule has 0 aliphatic rings. The maximum atomic E-state index is 10.3. The zero-order valence-corrected chi connectivity index (χ0v) is 11.7. The molecule has 0 bridgehead atoms. The number of hydrogen-bond donors (Lipinski definition) is 0. The smallest absolute Gasteiger partial charge is 0.308 e. The lowest BCUT2D eigenvalue weighted by Crippen LogP contribution is -2.13. The second-order valence-electron chi connectivity index (χ2n) is 5.03. The summed E-state index contributed by atoms with van der Waals surface area (Å²) in [6, 6.07) is 0. The van der Waals surface area contributed by atoms with E-state index in [0.717, 1.165) is 5.82 Å². The maximum absolute atomic E-state index is 10.3. The third-order valence-electron chi connectivity index (χ3n) is 1.85. The van der Waals surface area contributed by atoms with Crippen LogP contribution in [0.3, 0.4) is 0 Å². The number of methoxy groups -OCH3 is 1. The van der Waals surface area contributed by atoms with Gasteiger partial charge in [0.05, 0.1) is 20.1 Å². The van der Waals surface area contributed by atoms with E-state index in [0.29, 0.717) is 0 Å². The molecule has 0 spiro atoms. The Hall–Kier alpha value is -1.46. The van der Waals surface area contributed by atoms with Crippen LogP contribution in [0.15, 0.2) is 0 Å². The highest BCUT2D eigenvalue weighted by Crippen LogP contribution is 2.15. The number of nitrogens with zero attached hydrogens (tertiary/aromatic N) is 4. The van der Waals surface area contributed by atoms with E-state index in [9.17, 15) is 4.79 Å². The lowest BCUT2D eigenvalue weighted by atomic mass is 9.96. The monoisotopic (exact) mass is 242 g/mol. The van der Waals surface area contributed by atoms with Gasteiger partial charge in [0.1, 0.15) is 0 Å². The minimum atomic E-state index is -0.153. The molecule has 0 radical (unpaired) electrons. The molecule has 0 saturated carbocycles. The molecule has 0 unspecified atom stereocenters. The van der Waals surface area contributed by atoms with Gasteiger partial charge in [-0.15, -0.1) is 10.2 Å². The predicted molar refractivity (Wildman–Crippen MR) is 64.4 cm³/mol. The Labute approximate surface area is 102 Å². The van der Waals surface area contributed by atoms with Crippen LogP contribution in [0.5, 0.6) is 0 Å². The van der Waals surface area contributed by atoms with Gasteiger partial charge in [-0.05, 0) is 5.21 Å². The molecule has 0 amide bonds. The van der Waals surface area contributed by atoms with Crippen molar-refractivity contribution in [2.24, 2.45) is 13.0 Å². The summed E-state index contributed by atoms with van der Waals surface area (Å²) in [6.07, 6.45) is 0. The molecule has 98 valence electrons. The first kappa shape index (κ1) is 15.5. The number of ether oxygens (including phenoxy) is 1. The topological polar surface area (TPSA) is 69.9 Å². The molecule has 0 aliphatic carbocycles. The summed E-state index contributed by atoms with van der Waals surface area (Å²) < 4.78 is 4.37. The number of rotatable bonds is 1. The average Bonchev–Trinajstić information content (AvgIpc) is 2.64. The molecule has 17 heavy (non-hydrogen) atoms. The molecule has 6 heteroatoms. The molecule has 0 aliphatic heterocycles. The molecule has 0 atom stereocenters. The van der Waals surface area contributed by atoms with Crippen LogP contribution in [-0.4, -0.2) is 33.3 Å². The van der Waals surface area contributed by atoms with Gasteiger partial charge >= 0.3 is 5.97 Å². The summed E-state index contributed by atoms with van der Waals surface area (Å²) in [5.74, 6) is 0.639. The van der Waals surface area contributed by atoms with Gasteiger partial charge in [0, 0.05) is 5.41 Å². The maximum Gasteiger partial charge on any atom is 0.308 e. The van der Waals surface area contributed by atoms with Crippen LogP contribution in [0.1, 0.15) is 40.4 Å². The zero-order chi connectivity index (χ0) is 13.6. The van der Waals surface area contributed by atoms with E-state index in [1.54, 1.807) is 20.9 Å². The van der Waals surface area contributed by atoms with E-state index < -0.39 is 0 Å². The van der Waals surface area contributed by atoms with Gasteiger partial charge in [-0.3, -0.25) is 4.79 Å². The summed E-state index contributed by atoms with van der Waals surface area (Å²) in [5.41, 5.74) is 0.00819. The highest BCUT2D eigenvalue weighted by molar-refractivity contribution is 5.71. The van der Waals surface area contributed by atoms with Crippen LogP contribution in [0.4, 0.5) is 0 Å². The van der Waals surface area contributed by atoms with E-state index in [1.165, 1.54) is 11.9 Å². The lowest BCUT2D eigenvalue weighted by molar-refractivity contribution is -0.144. The molecule has 1 rings (SSSR count). The molecule has 1 heterocycles. The molecule has 0 aromatic carbocycles. The van der Waals surface area contributed by atoms with E-state index >= 15 is 0 Å². The van der Waals surface area contributed by atoms with Crippen LogP contribution < -0.4 is 0 Å². The number of aryl methyl sites for hydroxylation is 1. The largest absolute Gasteiger partial charge is 0.469 e. The Morgan fingerprint density at radius 3 is 2.00 bits per heavy atom. The van der Waals surface area contributed by atoms with Crippen molar-refractivity contribution in [1.29, 1.82) is 0 Å². The Kier molecular flexibility index (Phi) is 5.78. The highest BCUT2D eigenvalue weighted by Gasteiger charge is 2.18. The van der Waals surface area contributed by atoms with E-state index in [1.807, 2.05) is 0 Å². The van der Waals surface area contributed by atoms with Crippen LogP contribution in [0.2, 0.25) is 0 Å². The number of tetrazole rings is 1. The quantitative estimate of drug-likeness (QED) is 0.695. The number of carbonyl (C=O) groups excluding carboxylic acids is 1. The third-order valence-corrected chi connectivity index (χ3v) is 1.85. The fourth-order valence-corrected chi connectivity index (χ4v) is 0.820. The average molecular weight is 242 g/mol. The van der Waals surface area contributed by atoms with Crippen molar-refractivity contribution < 1.29 is 9.53 Å². The van der Waals surface area contributed by atoms with Gasteiger partial charge in [0.2, 0.25) is 0 Å². The molecule has 1 aromatic heterocycles. The first-order valence-corrected chi connectivity index (χ1v) is 5.50. The van der Waals surface area contributed by atoms with Gasteiger partial charge in [0.25, 0.3) is 0 Å². The van der Waals surface area contributed by atoms with Crippen molar-refractivity contribution >= 4 is 5.97 Å². The van der Waals surface area contributed by atoms with Crippen molar-refractivity contribution in [1.82, 2.24) is 20.2 Å². The fraction of sp³-hybridized carbons (Fsp3) is 0.818. The minimum absolute atomic E-state index is 0.00463. The SMILES string of the molecule is COC(=O)C(C)C.Cn1nnc(C(C)(C)C)n1. The zero-order valence-electron chi connectivity index (χ0n) is 11.7. The second kappa shape index (κ2) is 6.32. The summed E-state index contributed by atoms with van der Waals surface area (Å²) in [6.45, 7) is 9.77. The van der Waals surface area contributed by atoms with Crippen molar-refractivity contribution in [2.75, 3.05) is 7.11 Å². The second-order valence-corrected chi connectivity index (χ2v) is 5.03. The third kappa shape index (κ3) is 5.99. The van der Waals surface area contributed by atoms with Crippen LogP contribution in [0.25, 0.3) is 0 Å². The van der Waals surface area contributed by atoms with Crippen molar-refractivity contribution in [2.45, 2.75) is 40.0 Å². The summed E-state index contributed by atoms with van der Waals surface area (Å²) in [7, 11) is 3.16. The van der Waals surface area contributed by atoms with Gasteiger partial charge in [-0.25, -0.2) is 0 Å². The van der Waals surface area contributed by atoms with Crippen LogP contribution >= 0.6 is 0 Å². The normalized spacial score (nSPS) is 10.8. The number of carbonyl (C=O) groups is 1. The first-order valence-electron chi connectivity index (χ1n) is 5.50. The Balaban J connectivity index is 0.000000325. The molecule has 0 fully saturated rings. The van der Waals surface area contributed by atoms with Gasteiger partial charge < -0.3 is 4.74 Å². The Bertz CT molecular complexity index is 353. The van der Waals surface area contributed by atoms with Crippen LogP contribution in [0, 0.1) is 5.92 Å². The van der Waals surface area contributed by atoms with Gasteiger partial charge in [0.15, 0.2) is 5.82 Å². The van der Waals surface area contributed by atoms with Crippen molar-refractivity contribution in [3.8, 4) is 0 Å². The van der Waals surface area contributed by atoms with Crippen molar-refractivity contribution in [3.05, 3.63) is 5.82 Å². The fourth-order valence-electron chi connectivity index (χ4n) is 0.820. The molecule has 0 saturated heterocycles. The summed E-state index contributed by atoms with van der Waals surface area (Å²) in [4.78, 5) is 11.8. The van der Waals surface area contributed by atoms with E-state index in [2.05, 4.69) is 40.9 Å². The number of aromatic nitrogens is 4. The van der Waals surface area contributed by atoms with E-state index in [4.69, 9.17) is 0 Å². The van der Waals surface area contributed by atoms with Crippen LogP contribution in [-0.2, 0) is 22.0 Å². The number of esters is 1. The number of hydrogen-bond acceptors (Lipinski definition) is 5. The Morgan fingerprint density at radius 2 is 1.88 bits per heavy atom. The van der Waals surface area contributed by atoms with E-state index in [-0.39, 0.29) is 17.3 Å². The molecule has 1 aromatic rings.